The van der Waals surface area contributed by atoms with Crippen LogP contribution in [0.1, 0.15) is 37.9 Å². The Hall–Kier alpha value is -3.84. The van der Waals surface area contributed by atoms with Crippen molar-refractivity contribution < 1.29 is 24.3 Å². The number of nitrogens with one attached hydrogen (secondary N) is 5. The second-order valence-electron chi connectivity index (χ2n) is 10.4. The fourth-order valence-corrected chi connectivity index (χ4v) is 4.95. The third kappa shape index (κ3) is 9.35. The molecule has 4 atom stereocenters. The first-order valence-electron chi connectivity index (χ1n) is 13.5. The van der Waals surface area contributed by atoms with E-state index in [1.165, 1.54) is 18.1 Å². The maximum Gasteiger partial charge on any atom is 0.326 e. The van der Waals surface area contributed by atoms with E-state index >= 15 is 0 Å². The van der Waals surface area contributed by atoms with E-state index in [4.69, 9.17) is 5.73 Å². The Bertz CT molecular complexity index is 1310. The van der Waals surface area contributed by atoms with Crippen LogP contribution in [-0.2, 0) is 32.0 Å². The number of benzene rings is 1. The van der Waals surface area contributed by atoms with E-state index in [-0.39, 0.29) is 31.6 Å². The molecule has 13 heteroatoms. The Labute approximate surface area is 243 Å². The molecule has 0 saturated heterocycles. The number of fused-ring (bicyclic) bond motifs is 1. The van der Waals surface area contributed by atoms with Crippen LogP contribution in [0.5, 0.6) is 0 Å². The summed E-state index contributed by atoms with van der Waals surface area (Å²) in [6.45, 7) is 3.78. The Kier molecular flexibility index (Phi) is 11.8. The molecule has 12 nitrogen and oxygen atoms in total. The molecule has 1 aromatic carbocycles. The number of hydrogen-bond acceptors (Lipinski definition) is 7. The monoisotopic (exact) mass is 585 g/mol. The van der Waals surface area contributed by atoms with E-state index in [2.05, 4.69) is 30.9 Å². The van der Waals surface area contributed by atoms with Crippen LogP contribution in [0, 0.1) is 5.92 Å². The zero-order chi connectivity index (χ0) is 29.9. The van der Waals surface area contributed by atoms with Crippen molar-refractivity contribution in [1.29, 1.82) is 0 Å². The number of H-pyrrole nitrogens is 2. The number of amides is 3. The van der Waals surface area contributed by atoms with E-state index < -0.39 is 47.9 Å². The summed E-state index contributed by atoms with van der Waals surface area (Å²) in [6.07, 6.45) is 7.52. The maximum absolute atomic E-state index is 13.5. The van der Waals surface area contributed by atoms with E-state index in [9.17, 15) is 24.3 Å². The minimum absolute atomic E-state index is 0.0192. The number of aromatic nitrogens is 3. The van der Waals surface area contributed by atoms with Crippen LogP contribution in [0.2, 0.25) is 0 Å². The molecule has 0 fully saturated rings. The summed E-state index contributed by atoms with van der Waals surface area (Å²) in [5.74, 6) is -2.29. The van der Waals surface area contributed by atoms with E-state index in [1.807, 2.05) is 50.6 Å². The molecule has 4 unspecified atom stereocenters. The number of aliphatic carboxylic acids is 1. The number of carbonyl (C=O) groups excluding carboxylic acids is 3. The van der Waals surface area contributed by atoms with Crippen LogP contribution in [0.3, 0.4) is 0 Å². The standard InChI is InChI=1S/C28H39N7O5S/c1-16(2)10-23(26(37)33-22(28(39)40)8-9-41-3)35-27(38)24(12-18-14-30-15-32-18)34-25(36)20(29)11-17-13-31-21-7-5-4-6-19(17)21/h4-7,13-16,20,22-24,31H,8-12,29H2,1-3H3,(H,30,32)(H,33,37)(H,34,36)(H,35,38)(H,39,40). The minimum atomic E-state index is -1.14. The molecule has 8 N–H and O–H groups in total. The highest BCUT2D eigenvalue weighted by Crippen LogP contribution is 2.19. The fourth-order valence-electron chi connectivity index (χ4n) is 4.48. The zero-order valence-corrected chi connectivity index (χ0v) is 24.3. The lowest BCUT2D eigenvalue weighted by molar-refractivity contribution is -0.142. The molecular weight excluding hydrogens is 546 g/mol. The normalized spacial score (nSPS) is 14.3. The van der Waals surface area contributed by atoms with Gasteiger partial charge in [0.05, 0.1) is 12.4 Å². The summed E-state index contributed by atoms with van der Waals surface area (Å²) >= 11 is 1.47. The largest absolute Gasteiger partial charge is 0.480 e. The van der Waals surface area contributed by atoms with Gasteiger partial charge in [0.25, 0.3) is 0 Å². The summed E-state index contributed by atoms with van der Waals surface area (Å²) in [5.41, 5.74) is 8.67. The van der Waals surface area contributed by atoms with Gasteiger partial charge in [0.15, 0.2) is 0 Å². The lowest BCUT2D eigenvalue weighted by Gasteiger charge is -2.26. The summed E-state index contributed by atoms with van der Waals surface area (Å²) in [7, 11) is 0. The SMILES string of the molecule is CSCCC(NC(=O)C(CC(C)C)NC(=O)C(Cc1cnc[nH]1)NC(=O)C(N)Cc1c[nH]c2ccccc12)C(=O)O. The molecule has 2 heterocycles. The Balaban J connectivity index is 1.73. The highest BCUT2D eigenvalue weighted by atomic mass is 32.2. The first-order valence-corrected chi connectivity index (χ1v) is 14.9. The number of thioether (sulfide) groups is 1. The van der Waals surface area contributed by atoms with Crippen molar-refractivity contribution in [2.24, 2.45) is 11.7 Å². The maximum atomic E-state index is 13.5. The molecule has 0 bridgehead atoms. The molecule has 3 rings (SSSR count). The number of rotatable bonds is 16. The number of carboxylic acid groups (broad SMARTS) is 1. The number of hydrogen-bond donors (Lipinski definition) is 7. The molecule has 0 spiro atoms. The van der Waals surface area contributed by atoms with Crippen LogP contribution >= 0.6 is 11.8 Å². The van der Waals surface area contributed by atoms with Crippen LogP contribution < -0.4 is 21.7 Å². The summed E-state index contributed by atoms with van der Waals surface area (Å²) in [4.78, 5) is 61.5. The summed E-state index contributed by atoms with van der Waals surface area (Å²) in [6, 6.07) is 3.61. The molecule has 0 aliphatic carbocycles. The predicted octanol–water partition coefficient (Wildman–Crippen LogP) is 1.34. The molecule has 0 saturated carbocycles. The van der Waals surface area contributed by atoms with Crippen LogP contribution in [0.25, 0.3) is 10.9 Å². The smallest absolute Gasteiger partial charge is 0.326 e. The molecule has 222 valence electrons. The van der Waals surface area contributed by atoms with Gasteiger partial charge < -0.3 is 36.8 Å². The quantitative estimate of drug-likeness (QED) is 0.131. The van der Waals surface area contributed by atoms with Crippen molar-refractivity contribution in [3.05, 3.63) is 54.2 Å². The number of aromatic amines is 2. The van der Waals surface area contributed by atoms with Crippen molar-refractivity contribution in [2.45, 2.75) is 63.7 Å². The van der Waals surface area contributed by atoms with Gasteiger partial charge in [-0.25, -0.2) is 9.78 Å². The summed E-state index contributed by atoms with van der Waals surface area (Å²) < 4.78 is 0. The van der Waals surface area contributed by atoms with Crippen LogP contribution in [0.4, 0.5) is 0 Å². The first kappa shape index (κ1) is 31.7. The molecule has 0 aliphatic heterocycles. The van der Waals surface area contributed by atoms with Crippen molar-refractivity contribution in [3.8, 4) is 0 Å². The van der Waals surface area contributed by atoms with Crippen molar-refractivity contribution in [2.75, 3.05) is 12.0 Å². The summed E-state index contributed by atoms with van der Waals surface area (Å²) in [5, 5.41) is 18.5. The van der Waals surface area contributed by atoms with Crippen molar-refractivity contribution >= 4 is 46.4 Å². The molecule has 3 aromatic rings. The highest BCUT2D eigenvalue weighted by Gasteiger charge is 2.31. The predicted molar refractivity (Wildman–Crippen MR) is 158 cm³/mol. The number of imidazole rings is 1. The molecule has 41 heavy (non-hydrogen) atoms. The third-order valence-corrected chi connectivity index (χ3v) is 7.27. The van der Waals surface area contributed by atoms with E-state index in [0.29, 0.717) is 11.4 Å². The first-order chi connectivity index (χ1) is 19.6. The van der Waals surface area contributed by atoms with Gasteiger partial charge in [-0.3, -0.25) is 14.4 Å². The Morgan fingerprint density at radius 3 is 2.32 bits per heavy atom. The molecular formula is C28H39N7O5S. The van der Waals surface area contributed by atoms with Crippen molar-refractivity contribution in [1.82, 2.24) is 30.9 Å². The topological polar surface area (TPSA) is 195 Å². The van der Waals surface area contributed by atoms with E-state index in [0.717, 1.165) is 16.5 Å². The van der Waals surface area contributed by atoms with Crippen LogP contribution in [-0.4, -0.2) is 79.9 Å². The van der Waals surface area contributed by atoms with Gasteiger partial charge in [0.2, 0.25) is 17.7 Å². The van der Waals surface area contributed by atoms with Gasteiger partial charge in [0.1, 0.15) is 18.1 Å². The lowest BCUT2D eigenvalue weighted by Crippen LogP contribution is -2.58. The number of nitrogens with zero attached hydrogens (tertiary/aromatic N) is 1. The average molecular weight is 586 g/mol. The number of carbonyl (C=O) groups is 4. The molecule has 3 amide bonds. The number of nitrogens with two attached hydrogens (primary N) is 1. The number of para-hydroxylation sites is 1. The highest BCUT2D eigenvalue weighted by molar-refractivity contribution is 7.98. The van der Waals surface area contributed by atoms with Gasteiger partial charge in [-0.05, 0) is 48.8 Å². The van der Waals surface area contributed by atoms with Gasteiger partial charge in [0, 0.05) is 35.4 Å². The zero-order valence-electron chi connectivity index (χ0n) is 23.5. The van der Waals surface area contributed by atoms with E-state index in [1.54, 1.807) is 6.20 Å². The van der Waals surface area contributed by atoms with Gasteiger partial charge in [-0.1, -0.05) is 32.0 Å². The molecule has 0 radical (unpaired) electrons. The Morgan fingerprint density at radius 1 is 0.976 bits per heavy atom. The van der Waals surface area contributed by atoms with Crippen molar-refractivity contribution in [3.63, 3.8) is 0 Å². The van der Waals surface area contributed by atoms with Gasteiger partial charge in [-0.2, -0.15) is 11.8 Å². The Morgan fingerprint density at radius 2 is 1.66 bits per heavy atom. The second kappa shape index (κ2) is 15.2. The third-order valence-electron chi connectivity index (χ3n) is 6.63. The number of carboxylic acids is 1. The minimum Gasteiger partial charge on any atom is -0.480 e. The van der Waals surface area contributed by atoms with Gasteiger partial charge in [-0.15, -0.1) is 0 Å². The fraction of sp³-hybridized carbons (Fsp3) is 0.464. The molecule has 0 aliphatic rings. The second-order valence-corrected chi connectivity index (χ2v) is 11.4. The van der Waals surface area contributed by atoms with Crippen LogP contribution in [0.15, 0.2) is 43.0 Å². The van der Waals surface area contributed by atoms with Gasteiger partial charge >= 0.3 is 5.97 Å². The molecule has 2 aromatic heterocycles. The average Bonchev–Trinajstić information content (AvgIpc) is 3.59. The lowest BCUT2D eigenvalue weighted by atomic mass is 10.0.